The maximum absolute atomic E-state index is 12.7. The molecule has 0 unspecified atom stereocenters. The molecule has 0 spiro atoms. The van der Waals surface area contributed by atoms with Crippen LogP contribution in [0.5, 0.6) is 0 Å². The van der Waals surface area contributed by atoms with Crippen molar-refractivity contribution >= 4 is 27.6 Å². The Morgan fingerprint density at radius 2 is 1.54 bits per heavy atom. The maximum atomic E-state index is 12.7. The predicted molar refractivity (Wildman–Crippen MR) is 105 cm³/mol. The minimum absolute atomic E-state index is 0.159. The molecule has 1 amide bonds. The van der Waals surface area contributed by atoms with Gasteiger partial charge in [0, 0.05) is 18.8 Å². The summed E-state index contributed by atoms with van der Waals surface area (Å²) in [5.74, 6) is -1.08. The topological polar surface area (TPSA) is 92.8 Å². The van der Waals surface area contributed by atoms with E-state index in [-0.39, 0.29) is 16.0 Å². The van der Waals surface area contributed by atoms with Gasteiger partial charge < -0.3 is 10.1 Å². The molecular formula is C20H22N2O5S. The minimum Gasteiger partial charge on any atom is -0.465 e. The number of ether oxygens (including phenoxy) is 1. The standard InChI is InChI=1S/C20H22N2O5S/c1-27-20(24)18-8-4-3-7-17(18)19(23)21-15-9-11-16(12-10-15)28(25,26)22-13-5-2-6-14-22/h3-4,7-12H,2,5-6,13-14H2,1H3,(H,21,23). The summed E-state index contributed by atoms with van der Waals surface area (Å²) in [4.78, 5) is 24.6. The van der Waals surface area contributed by atoms with Crippen molar-refractivity contribution in [2.45, 2.75) is 24.2 Å². The first-order valence-electron chi connectivity index (χ1n) is 9.02. The Bertz CT molecular complexity index is 964. The first kappa shape index (κ1) is 20.0. The van der Waals surface area contributed by atoms with E-state index in [0.717, 1.165) is 19.3 Å². The summed E-state index contributed by atoms with van der Waals surface area (Å²) in [7, 11) is -2.27. The maximum Gasteiger partial charge on any atom is 0.338 e. The Hall–Kier alpha value is -2.71. The number of methoxy groups -OCH3 is 1. The van der Waals surface area contributed by atoms with Crippen LogP contribution in [-0.2, 0) is 14.8 Å². The number of carbonyl (C=O) groups excluding carboxylic acids is 2. The lowest BCUT2D eigenvalue weighted by Crippen LogP contribution is -2.35. The van der Waals surface area contributed by atoms with Gasteiger partial charge in [0.05, 0.1) is 23.1 Å². The Morgan fingerprint density at radius 1 is 0.929 bits per heavy atom. The molecular weight excluding hydrogens is 380 g/mol. The van der Waals surface area contributed by atoms with E-state index in [1.54, 1.807) is 12.1 Å². The summed E-state index contributed by atoms with van der Waals surface area (Å²) in [6.45, 7) is 1.07. The molecule has 0 atom stereocenters. The number of rotatable bonds is 5. The second kappa shape index (κ2) is 8.53. The average Bonchev–Trinajstić information content (AvgIpc) is 2.74. The summed E-state index contributed by atoms with van der Waals surface area (Å²) in [6.07, 6.45) is 2.78. The molecule has 28 heavy (non-hydrogen) atoms. The molecule has 1 fully saturated rings. The molecule has 8 heteroatoms. The van der Waals surface area contributed by atoms with Crippen molar-refractivity contribution in [1.29, 1.82) is 0 Å². The van der Waals surface area contributed by atoms with E-state index in [2.05, 4.69) is 5.32 Å². The van der Waals surface area contributed by atoms with Crippen LogP contribution in [0.25, 0.3) is 0 Å². The first-order chi connectivity index (χ1) is 13.4. The highest BCUT2D eigenvalue weighted by Gasteiger charge is 2.25. The zero-order valence-electron chi connectivity index (χ0n) is 15.6. The number of piperidine rings is 1. The Labute approximate surface area is 164 Å². The van der Waals surface area contributed by atoms with Crippen LogP contribution in [0.2, 0.25) is 0 Å². The van der Waals surface area contributed by atoms with Crippen molar-refractivity contribution in [3.05, 3.63) is 59.7 Å². The van der Waals surface area contributed by atoms with E-state index >= 15 is 0 Å². The smallest absolute Gasteiger partial charge is 0.338 e. The van der Waals surface area contributed by atoms with Crippen LogP contribution in [-0.4, -0.2) is 44.8 Å². The molecule has 3 rings (SSSR count). The van der Waals surface area contributed by atoms with Crippen LogP contribution in [0.1, 0.15) is 40.0 Å². The van der Waals surface area contributed by atoms with E-state index in [0.29, 0.717) is 18.8 Å². The number of nitrogens with one attached hydrogen (secondary N) is 1. The second-order valence-corrected chi connectivity index (χ2v) is 8.42. The molecule has 2 aromatic carbocycles. The van der Waals surface area contributed by atoms with Crippen molar-refractivity contribution in [3.63, 3.8) is 0 Å². The van der Waals surface area contributed by atoms with Gasteiger partial charge in [0.15, 0.2) is 0 Å². The third-order valence-corrected chi connectivity index (χ3v) is 6.55. The van der Waals surface area contributed by atoms with Gasteiger partial charge in [0.25, 0.3) is 5.91 Å². The fraction of sp³-hybridized carbons (Fsp3) is 0.300. The molecule has 7 nitrogen and oxygen atoms in total. The number of hydrogen-bond acceptors (Lipinski definition) is 5. The zero-order valence-corrected chi connectivity index (χ0v) is 16.4. The quantitative estimate of drug-likeness (QED) is 0.777. The van der Waals surface area contributed by atoms with Crippen molar-refractivity contribution in [2.24, 2.45) is 0 Å². The van der Waals surface area contributed by atoms with Crippen molar-refractivity contribution in [2.75, 3.05) is 25.5 Å². The number of sulfonamides is 1. The average molecular weight is 402 g/mol. The fourth-order valence-electron chi connectivity index (χ4n) is 3.13. The van der Waals surface area contributed by atoms with Gasteiger partial charge in [0.1, 0.15) is 0 Å². The van der Waals surface area contributed by atoms with Gasteiger partial charge >= 0.3 is 5.97 Å². The summed E-state index contributed by atoms with van der Waals surface area (Å²) in [6, 6.07) is 12.4. The van der Waals surface area contributed by atoms with Gasteiger partial charge in [-0.15, -0.1) is 0 Å². The molecule has 1 N–H and O–H groups in total. The molecule has 1 aliphatic rings. The molecule has 0 saturated carbocycles. The monoisotopic (exact) mass is 402 g/mol. The lowest BCUT2D eigenvalue weighted by atomic mass is 10.1. The molecule has 148 valence electrons. The minimum atomic E-state index is -3.52. The molecule has 0 bridgehead atoms. The third kappa shape index (κ3) is 4.23. The van der Waals surface area contributed by atoms with E-state index in [1.807, 2.05) is 0 Å². The highest BCUT2D eigenvalue weighted by atomic mass is 32.2. The molecule has 2 aromatic rings. The normalized spacial score (nSPS) is 15.0. The Balaban J connectivity index is 1.76. The number of anilines is 1. The summed E-state index contributed by atoms with van der Waals surface area (Å²) >= 11 is 0. The molecule has 0 aliphatic carbocycles. The molecule has 1 saturated heterocycles. The number of benzene rings is 2. The Morgan fingerprint density at radius 3 is 2.14 bits per heavy atom. The van der Waals surface area contributed by atoms with Crippen LogP contribution in [0.4, 0.5) is 5.69 Å². The lowest BCUT2D eigenvalue weighted by Gasteiger charge is -2.25. The summed E-state index contributed by atoms with van der Waals surface area (Å²) in [5, 5.41) is 2.68. The number of hydrogen-bond donors (Lipinski definition) is 1. The van der Waals surface area contributed by atoms with Gasteiger partial charge in [-0.1, -0.05) is 18.6 Å². The van der Waals surface area contributed by atoms with E-state index in [1.165, 1.54) is 47.8 Å². The van der Waals surface area contributed by atoms with E-state index in [9.17, 15) is 18.0 Å². The largest absolute Gasteiger partial charge is 0.465 e. The van der Waals surface area contributed by atoms with Crippen molar-refractivity contribution in [3.8, 4) is 0 Å². The highest BCUT2D eigenvalue weighted by molar-refractivity contribution is 7.89. The number of amides is 1. The van der Waals surface area contributed by atoms with E-state index < -0.39 is 21.9 Å². The molecule has 0 radical (unpaired) electrons. The lowest BCUT2D eigenvalue weighted by molar-refractivity contribution is 0.0597. The second-order valence-electron chi connectivity index (χ2n) is 6.48. The molecule has 1 heterocycles. The summed E-state index contributed by atoms with van der Waals surface area (Å²) in [5.41, 5.74) is 0.772. The third-order valence-electron chi connectivity index (χ3n) is 4.64. The summed E-state index contributed by atoms with van der Waals surface area (Å²) < 4.78 is 31.6. The SMILES string of the molecule is COC(=O)c1ccccc1C(=O)Nc1ccc(S(=O)(=O)N2CCCCC2)cc1. The van der Waals surface area contributed by atoms with Gasteiger partial charge in [0.2, 0.25) is 10.0 Å². The number of carbonyl (C=O) groups is 2. The zero-order chi connectivity index (χ0) is 20.1. The van der Waals surface area contributed by atoms with Crippen LogP contribution < -0.4 is 5.32 Å². The van der Waals surface area contributed by atoms with Crippen LogP contribution in [0, 0.1) is 0 Å². The van der Waals surface area contributed by atoms with Crippen LogP contribution >= 0.6 is 0 Å². The molecule has 0 aromatic heterocycles. The van der Waals surface area contributed by atoms with Crippen LogP contribution in [0.15, 0.2) is 53.4 Å². The van der Waals surface area contributed by atoms with Gasteiger partial charge in [-0.05, 0) is 49.2 Å². The van der Waals surface area contributed by atoms with Gasteiger partial charge in [-0.25, -0.2) is 13.2 Å². The number of esters is 1. The molecule has 1 aliphatic heterocycles. The fourth-order valence-corrected chi connectivity index (χ4v) is 4.65. The Kier molecular flexibility index (Phi) is 6.11. The van der Waals surface area contributed by atoms with Gasteiger partial charge in [-0.2, -0.15) is 4.31 Å². The van der Waals surface area contributed by atoms with Crippen LogP contribution in [0.3, 0.4) is 0 Å². The van der Waals surface area contributed by atoms with Crippen molar-refractivity contribution in [1.82, 2.24) is 4.31 Å². The highest BCUT2D eigenvalue weighted by Crippen LogP contribution is 2.22. The predicted octanol–water partition coefficient (Wildman–Crippen LogP) is 2.90. The van der Waals surface area contributed by atoms with Gasteiger partial charge in [-0.3, -0.25) is 4.79 Å². The van der Waals surface area contributed by atoms with E-state index in [4.69, 9.17) is 4.74 Å². The van der Waals surface area contributed by atoms with Crippen molar-refractivity contribution < 1.29 is 22.7 Å². The first-order valence-corrected chi connectivity index (χ1v) is 10.5. The number of nitrogens with zero attached hydrogens (tertiary/aromatic N) is 1.